The van der Waals surface area contributed by atoms with Crippen LogP contribution in [0.15, 0.2) is 29.3 Å². The molecule has 2 N–H and O–H groups in total. The number of aromatic amines is 1. The number of rotatable bonds is 5. The van der Waals surface area contributed by atoms with Crippen LogP contribution >= 0.6 is 0 Å². The fourth-order valence-corrected chi connectivity index (χ4v) is 2.88. The Hall–Kier alpha value is -1.82. The molecule has 0 radical (unpaired) electrons. The molecule has 0 aliphatic heterocycles. The van der Waals surface area contributed by atoms with E-state index < -0.39 is 21.7 Å². The summed E-state index contributed by atoms with van der Waals surface area (Å²) in [6.45, 7) is 1.83. The van der Waals surface area contributed by atoms with Gasteiger partial charge in [-0.05, 0) is 36.6 Å². The molecule has 1 unspecified atom stereocenters. The van der Waals surface area contributed by atoms with E-state index in [2.05, 4.69) is 4.98 Å². The minimum absolute atomic E-state index is 0.245. The molecule has 5 nitrogen and oxygen atoms in total. The number of carboxylic acid groups (broad SMARTS) is 1. The van der Waals surface area contributed by atoms with E-state index in [1.54, 1.807) is 24.4 Å². The van der Waals surface area contributed by atoms with Crippen LogP contribution in [0.1, 0.15) is 18.9 Å². The molecule has 0 amide bonds. The first-order valence-electron chi connectivity index (χ1n) is 6.35. The number of aromatic nitrogens is 1. The van der Waals surface area contributed by atoms with E-state index in [1.165, 1.54) is 0 Å². The van der Waals surface area contributed by atoms with Crippen LogP contribution in [0.3, 0.4) is 0 Å². The zero-order valence-electron chi connectivity index (χ0n) is 11.4. The first-order chi connectivity index (χ1) is 9.32. The molecule has 1 aromatic heterocycles. The maximum absolute atomic E-state index is 11.6. The highest BCUT2D eigenvalue weighted by atomic mass is 32.2. The lowest BCUT2D eigenvalue weighted by Crippen LogP contribution is -2.15. The van der Waals surface area contributed by atoms with Crippen molar-refractivity contribution < 1.29 is 18.3 Å². The molecule has 0 bridgehead atoms. The summed E-state index contributed by atoms with van der Waals surface area (Å²) in [5, 5.41) is 9.89. The van der Waals surface area contributed by atoms with Gasteiger partial charge in [-0.15, -0.1) is 0 Å². The zero-order chi connectivity index (χ0) is 14.9. The number of fused-ring (bicyclic) bond motifs is 1. The van der Waals surface area contributed by atoms with Gasteiger partial charge in [0.25, 0.3) is 0 Å². The van der Waals surface area contributed by atoms with Crippen molar-refractivity contribution in [2.45, 2.75) is 24.7 Å². The van der Waals surface area contributed by atoms with E-state index in [0.29, 0.717) is 12.8 Å². The molecule has 1 heterocycles. The molecule has 0 aliphatic carbocycles. The van der Waals surface area contributed by atoms with Crippen molar-refractivity contribution in [2.75, 3.05) is 6.26 Å². The number of benzene rings is 1. The van der Waals surface area contributed by atoms with Crippen LogP contribution in [0.5, 0.6) is 0 Å². The van der Waals surface area contributed by atoms with Gasteiger partial charge in [-0.1, -0.05) is 6.92 Å². The Morgan fingerprint density at radius 1 is 1.40 bits per heavy atom. The van der Waals surface area contributed by atoms with Gasteiger partial charge in [-0.25, -0.2) is 8.42 Å². The summed E-state index contributed by atoms with van der Waals surface area (Å²) >= 11 is 0. The van der Waals surface area contributed by atoms with Crippen molar-refractivity contribution in [1.82, 2.24) is 4.98 Å². The van der Waals surface area contributed by atoms with Crippen molar-refractivity contribution in [1.29, 1.82) is 0 Å². The van der Waals surface area contributed by atoms with E-state index in [-0.39, 0.29) is 4.90 Å². The highest BCUT2D eigenvalue weighted by Gasteiger charge is 2.18. The third-order valence-electron chi connectivity index (χ3n) is 3.48. The summed E-state index contributed by atoms with van der Waals surface area (Å²) in [4.78, 5) is 14.4. The third-order valence-corrected chi connectivity index (χ3v) is 4.59. The smallest absolute Gasteiger partial charge is 0.306 e. The average Bonchev–Trinajstić information content (AvgIpc) is 2.76. The van der Waals surface area contributed by atoms with Gasteiger partial charge in [-0.3, -0.25) is 4.79 Å². The molecule has 0 fully saturated rings. The molecule has 0 spiro atoms. The Kier molecular flexibility index (Phi) is 3.85. The monoisotopic (exact) mass is 295 g/mol. The average molecular weight is 295 g/mol. The van der Waals surface area contributed by atoms with Crippen LogP contribution in [0, 0.1) is 5.92 Å². The molecule has 2 aromatic rings. The molecule has 6 heteroatoms. The Balaban J connectivity index is 2.47. The minimum atomic E-state index is -3.27. The summed E-state index contributed by atoms with van der Waals surface area (Å²) < 4.78 is 23.2. The van der Waals surface area contributed by atoms with E-state index in [1.807, 2.05) is 6.92 Å². The van der Waals surface area contributed by atoms with Crippen molar-refractivity contribution in [3.05, 3.63) is 30.0 Å². The molecular weight excluding hydrogens is 278 g/mol. The topological polar surface area (TPSA) is 87.2 Å². The highest BCUT2D eigenvalue weighted by Crippen LogP contribution is 2.25. The molecule has 108 valence electrons. The normalized spacial score (nSPS) is 13.5. The number of carbonyl (C=O) groups is 1. The molecule has 2 rings (SSSR count). The van der Waals surface area contributed by atoms with Gasteiger partial charge in [0.15, 0.2) is 9.84 Å². The maximum atomic E-state index is 11.6. The van der Waals surface area contributed by atoms with Crippen molar-refractivity contribution in [2.24, 2.45) is 5.92 Å². The SMILES string of the molecule is CCC(Cc1c[nH]c2ccc(S(C)(=O)=O)cc12)C(=O)O. The lowest BCUT2D eigenvalue weighted by molar-refractivity contribution is -0.141. The Labute approximate surface area is 117 Å². The number of aliphatic carboxylic acids is 1. The number of carboxylic acids is 1. The Morgan fingerprint density at radius 3 is 2.65 bits per heavy atom. The minimum Gasteiger partial charge on any atom is -0.481 e. The second kappa shape index (κ2) is 5.28. The van der Waals surface area contributed by atoms with E-state index in [9.17, 15) is 13.2 Å². The highest BCUT2D eigenvalue weighted by molar-refractivity contribution is 7.90. The largest absolute Gasteiger partial charge is 0.481 e. The van der Waals surface area contributed by atoms with Gasteiger partial charge in [0.1, 0.15) is 0 Å². The Bertz CT molecular complexity index is 746. The second-order valence-corrected chi connectivity index (χ2v) is 6.96. The lowest BCUT2D eigenvalue weighted by atomic mass is 9.97. The fraction of sp³-hybridized carbons (Fsp3) is 0.357. The van der Waals surface area contributed by atoms with Gasteiger partial charge in [0, 0.05) is 23.4 Å². The number of hydrogen-bond acceptors (Lipinski definition) is 3. The first kappa shape index (κ1) is 14.6. The van der Waals surface area contributed by atoms with Crippen LogP contribution < -0.4 is 0 Å². The molecule has 0 aliphatic rings. The van der Waals surface area contributed by atoms with E-state index in [4.69, 9.17) is 5.11 Å². The number of nitrogens with one attached hydrogen (secondary N) is 1. The third kappa shape index (κ3) is 2.85. The molecule has 0 saturated carbocycles. The molecule has 1 aromatic carbocycles. The molecule has 1 atom stereocenters. The van der Waals surface area contributed by atoms with Crippen LogP contribution in [0.2, 0.25) is 0 Å². The standard InChI is InChI=1S/C14H17NO4S/c1-3-9(14(16)17)6-10-8-15-13-5-4-11(7-12(10)13)20(2,18)19/h4-5,7-9,15H,3,6H2,1-2H3,(H,16,17). The predicted octanol–water partition coefficient (Wildman–Crippen LogP) is 2.22. The van der Waals surface area contributed by atoms with Crippen LogP contribution in [0.4, 0.5) is 0 Å². The van der Waals surface area contributed by atoms with Crippen molar-refractivity contribution >= 4 is 26.7 Å². The zero-order valence-corrected chi connectivity index (χ0v) is 12.2. The fourth-order valence-electron chi connectivity index (χ4n) is 2.23. The first-order valence-corrected chi connectivity index (χ1v) is 8.25. The second-order valence-electron chi connectivity index (χ2n) is 4.94. The summed E-state index contributed by atoms with van der Waals surface area (Å²) in [5.41, 5.74) is 1.65. The number of hydrogen-bond donors (Lipinski definition) is 2. The van der Waals surface area contributed by atoms with Crippen molar-refractivity contribution in [3.63, 3.8) is 0 Å². The summed E-state index contributed by atoms with van der Waals surface area (Å²) in [6.07, 6.45) is 3.84. The number of H-pyrrole nitrogens is 1. The Morgan fingerprint density at radius 2 is 2.10 bits per heavy atom. The van der Waals surface area contributed by atoms with E-state index in [0.717, 1.165) is 22.7 Å². The van der Waals surface area contributed by atoms with Gasteiger partial charge in [-0.2, -0.15) is 0 Å². The summed E-state index contributed by atoms with van der Waals surface area (Å²) in [7, 11) is -3.27. The van der Waals surface area contributed by atoms with Gasteiger partial charge in [0.05, 0.1) is 10.8 Å². The lowest BCUT2D eigenvalue weighted by Gasteiger charge is -2.08. The molecular formula is C14H17NO4S. The molecule has 0 saturated heterocycles. The number of sulfone groups is 1. The van der Waals surface area contributed by atoms with E-state index >= 15 is 0 Å². The summed E-state index contributed by atoms with van der Waals surface area (Å²) in [6, 6.07) is 4.86. The van der Waals surface area contributed by atoms with Crippen LogP contribution in [-0.2, 0) is 21.1 Å². The van der Waals surface area contributed by atoms with Gasteiger partial charge < -0.3 is 10.1 Å². The van der Waals surface area contributed by atoms with Crippen molar-refractivity contribution in [3.8, 4) is 0 Å². The molecule has 20 heavy (non-hydrogen) atoms. The maximum Gasteiger partial charge on any atom is 0.306 e. The predicted molar refractivity (Wildman–Crippen MR) is 76.5 cm³/mol. The van der Waals surface area contributed by atoms with Crippen LogP contribution in [0.25, 0.3) is 10.9 Å². The van der Waals surface area contributed by atoms with Crippen LogP contribution in [-0.4, -0.2) is 30.7 Å². The summed E-state index contributed by atoms with van der Waals surface area (Å²) in [5.74, 6) is -1.29. The quantitative estimate of drug-likeness (QED) is 0.885. The van der Waals surface area contributed by atoms with Gasteiger partial charge in [0.2, 0.25) is 0 Å². The van der Waals surface area contributed by atoms with Gasteiger partial charge >= 0.3 is 5.97 Å².